The van der Waals surface area contributed by atoms with Gasteiger partial charge in [-0.15, -0.1) is 0 Å². The number of halogens is 1. The summed E-state index contributed by atoms with van der Waals surface area (Å²) < 4.78 is 15.8. The minimum atomic E-state index is -1.72. The minimum absolute atomic E-state index is 0.604. The highest BCUT2D eigenvalue weighted by Crippen LogP contribution is 2.61. The van der Waals surface area contributed by atoms with Crippen LogP contribution < -0.4 is 5.73 Å². The van der Waals surface area contributed by atoms with Crippen molar-refractivity contribution in [1.29, 1.82) is 0 Å². The van der Waals surface area contributed by atoms with Gasteiger partial charge < -0.3 is 5.73 Å². The van der Waals surface area contributed by atoms with Gasteiger partial charge in [0, 0.05) is 5.41 Å². The van der Waals surface area contributed by atoms with Crippen LogP contribution in [0.4, 0.5) is 4.39 Å². The van der Waals surface area contributed by atoms with E-state index in [1.165, 1.54) is 6.08 Å². The maximum absolute atomic E-state index is 15.8. The first-order valence-corrected chi connectivity index (χ1v) is 6.92. The molecule has 0 aromatic heterocycles. The topological polar surface area (TPSA) is 43.1 Å². The van der Waals surface area contributed by atoms with Crippen LogP contribution in [0, 0.1) is 12.8 Å². The molecule has 0 radical (unpaired) electrons. The van der Waals surface area contributed by atoms with E-state index >= 15 is 4.39 Å². The van der Waals surface area contributed by atoms with E-state index in [-0.39, 0.29) is 0 Å². The van der Waals surface area contributed by atoms with E-state index in [1.54, 1.807) is 18.2 Å². The van der Waals surface area contributed by atoms with Gasteiger partial charge in [-0.2, -0.15) is 0 Å². The van der Waals surface area contributed by atoms with E-state index < -0.39 is 22.9 Å². The van der Waals surface area contributed by atoms with Gasteiger partial charge in [-0.1, -0.05) is 42.5 Å². The summed E-state index contributed by atoms with van der Waals surface area (Å²) in [5.41, 5.74) is 5.14. The van der Waals surface area contributed by atoms with Gasteiger partial charge in [0.25, 0.3) is 0 Å². The Morgan fingerprint density at radius 2 is 2.00 bits per heavy atom. The second-order valence-corrected chi connectivity index (χ2v) is 5.79. The molecule has 2 nitrogen and oxygen atoms in total. The van der Waals surface area contributed by atoms with Gasteiger partial charge >= 0.3 is 0 Å². The van der Waals surface area contributed by atoms with Crippen molar-refractivity contribution in [3.8, 4) is 0 Å². The standard InChI is InChI=1S/C17H18FNO/c1-12-6-2-3-7-13(12)16(10-11-16)17(18)9-5-4-8-14(17)15(19)20/h2-9,14H,10-11H2,1H3,(H2,19,20). The Bertz CT molecular complexity index is 615. The maximum atomic E-state index is 15.8. The maximum Gasteiger partial charge on any atom is 0.227 e. The molecule has 1 fully saturated rings. The largest absolute Gasteiger partial charge is 0.369 e. The van der Waals surface area contributed by atoms with Crippen molar-refractivity contribution in [3.05, 3.63) is 59.7 Å². The Balaban J connectivity index is 2.11. The molecule has 2 aliphatic rings. The highest BCUT2D eigenvalue weighted by molar-refractivity contribution is 5.82. The molecule has 1 aromatic carbocycles. The zero-order valence-electron chi connectivity index (χ0n) is 11.5. The van der Waals surface area contributed by atoms with Crippen molar-refractivity contribution in [1.82, 2.24) is 0 Å². The number of carbonyl (C=O) groups is 1. The van der Waals surface area contributed by atoms with Crippen LogP contribution in [0.15, 0.2) is 48.6 Å². The van der Waals surface area contributed by atoms with Crippen LogP contribution in [-0.2, 0) is 10.2 Å². The number of hydrogen-bond acceptors (Lipinski definition) is 1. The molecule has 104 valence electrons. The monoisotopic (exact) mass is 271 g/mol. The van der Waals surface area contributed by atoms with Crippen LogP contribution in [0.5, 0.6) is 0 Å². The molecule has 1 saturated carbocycles. The van der Waals surface area contributed by atoms with Gasteiger partial charge in [-0.05, 0) is 37.0 Å². The van der Waals surface area contributed by atoms with E-state index in [0.29, 0.717) is 0 Å². The molecule has 2 unspecified atom stereocenters. The molecule has 3 heteroatoms. The summed E-state index contributed by atoms with van der Waals surface area (Å²) in [6, 6.07) is 7.82. The number of nitrogens with two attached hydrogens (primary N) is 1. The highest BCUT2D eigenvalue weighted by atomic mass is 19.1. The lowest BCUT2D eigenvalue weighted by Crippen LogP contribution is -2.49. The summed E-state index contributed by atoms with van der Waals surface area (Å²) in [6.45, 7) is 1.99. The smallest absolute Gasteiger partial charge is 0.227 e. The molecule has 20 heavy (non-hydrogen) atoms. The molecule has 2 aliphatic carbocycles. The van der Waals surface area contributed by atoms with Crippen molar-refractivity contribution >= 4 is 5.91 Å². The van der Waals surface area contributed by atoms with Gasteiger partial charge in [0.15, 0.2) is 5.67 Å². The summed E-state index contributed by atoms with van der Waals surface area (Å²) in [4.78, 5) is 11.7. The Labute approximate surface area is 118 Å². The molecule has 0 bridgehead atoms. The van der Waals surface area contributed by atoms with Crippen LogP contribution >= 0.6 is 0 Å². The molecule has 2 atom stereocenters. The lowest BCUT2D eigenvalue weighted by Gasteiger charge is -2.38. The predicted octanol–water partition coefficient (Wildman–Crippen LogP) is 2.96. The molecule has 1 aromatic rings. The van der Waals surface area contributed by atoms with Gasteiger partial charge in [-0.3, -0.25) is 4.79 Å². The van der Waals surface area contributed by atoms with E-state index in [2.05, 4.69) is 0 Å². The van der Waals surface area contributed by atoms with E-state index in [9.17, 15) is 4.79 Å². The number of alkyl halides is 1. The molecule has 0 aliphatic heterocycles. The summed E-state index contributed by atoms with van der Waals surface area (Å²) in [7, 11) is 0. The van der Waals surface area contributed by atoms with Crippen molar-refractivity contribution < 1.29 is 9.18 Å². The highest BCUT2D eigenvalue weighted by Gasteiger charge is 2.64. The van der Waals surface area contributed by atoms with Crippen LogP contribution in [0.3, 0.4) is 0 Å². The second-order valence-electron chi connectivity index (χ2n) is 5.79. The van der Waals surface area contributed by atoms with Crippen LogP contribution in [0.2, 0.25) is 0 Å². The number of allylic oxidation sites excluding steroid dienone is 3. The molecule has 0 saturated heterocycles. The fraction of sp³-hybridized carbons (Fsp3) is 0.353. The Kier molecular flexibility index (Phi) is 2.82. The average molecular weight is 271 g/mol. The Morgan fingerprint density at radius 3 is 2.60 bits per heavy atom. The van der Waals surface area contributed by atoms with Crippen molar-refractivity contribution in [3.63, 3.8) is 0 Å². The molecule has 0 spiro atoms. The number of primary amides is 1. The predicted molar refractivity (Wildman–Crippen MR) is 76.9 cm³/mol. The first kappa shape index (κ1) is 13.1. The van der Waals surface area contributed by atoms with Gasteiger partial charge in [0.2, 0.25) is 5.91 Å². The summed E-state index contributed by atoms with van der Waals surface area (Å²) in [5.74, 6) is -1.50. The Hall–Kier alpha value is -1.90. The lowest BCUT2D eigenvalue weighted by atomic mass is 9.69. The number of hydrogen-bond donors (Lipinski definition) is 1. The van der Waals surface area contributed by atoms with Crippen LogP contribution in [-0.4, -0.2) is 11.6 Å². The number of benzene rings is 1. The third kappa shape index (κ3) is 1.65. The van der Waals surface area contributed by atoms with Crippen LogP contribution in [0.1, 0.15) is 24.0 Å². The molecular formula is C17H18FNO. The van der Waals surface area contributed by atoms with Gasteiger partial charge in [0.1, 0.15) is 0 Å². The molecule has 2 N–H and O–H groups in total. The van der Waals surface area contributed by atoms with E-state index in [1.807, 2.05) is 31.2 Å². The van der Waals surface area contributed by atoms with E-state index in [0.717, 1.165) is 24.0 Å². The Morgan fingerprint density at radius 1 is 1.30 bits per heavy atom. The van der Waals surface area contributed by atoms with Crippen molar-refractivity contribution in [2.24, 2.45) is 11.7 Å². The summed E-state index contributed by atoms with van der Waals surface area (Å²) in [6.07, 6.45) is 7.97. The number of amides is 1. The second kappa shape index (κ2) is 4.30. The van der Waals surface area contributed by atoms with Gasteiger partial charge in [-0.25, -0.2) is 4.39 Å². The zero-order valence-corrected chi connectivity index (χ0v) is 11.5. The van der Waals surface area contributed by atoms with Crippen LogP contribution in [0.25, 0.3) is 0 Å². The molecular weight excluding hydrogens is 253 g/mol. The van der Waals surface area contributed by atoms with Crippen molar-refractivity contribution in [2.45, 2.75) is 30.8 Å². The average Bonchev–Trinajstić information content (AvgIpc) is 3.21. The SMILES string of the molecule is Cc1ccccc1C1(C2(F)C=CC=CC2C(N)=O)CC1. The van der Waals surface area contributed by atoms with Crippen molar-refractivity contribution in [2.75, 3.05) is 0 Å². The lowest BCUT2D eigenvalue weighted by molar-refractivity contribution is -0.124. The van der Waals surface area contributed by atoms with Gasteiger partial charge in [0.05, 0.1) is 5.92 Å². The third-order valence-corrected chi connectivity index (χ3v) is 4.66. The molecule has 0 heterocycles. The fourth-order valence-electron chi connectivity index (χ4n) is 3.47. The first-order chi connectivity index (χ1) is 9.51. The quantitative estimate of drug-likeness (QED) is 0.902. The van der Waals surface area contributed by atoms with E-state index in [4.69, 9.17) is 5.73 Å². The summed E-state index contributed by atoms with van der Waals surface area (Å²) in [5, 5.41) is 0. The number of rotatable bonds is 3. The number of carbonyl (C=O) groups excluding carboxylic acids is 1. The molecule has 3 rings (SSSR count). The fourth-order valence-corrected chi connectivity index (χ4v) is 3.47. The minimum Gasteiger partial charge on any atom is -0.369 e. The third-order valence-electron chi connectivity index (χ3n) is 4.66. The molecule has 1 amide bonds. The normalized spacial score (nSPS) is 30.2. The zero-order chi connectivity index (χ0) is 14.4. The summed E-state index contributed by atoms with van der Waals surface area (Å²) >= 11 is 0. The first-order valence-electron chi connectivity index (χ1n) is 6.92. The number of aryl methyl sites for hydroxylation is 1.